The van der Waals surface area contributed by atoms with Crippen molar-refractivity contribution in [3.63, 3.8) is 0 Å². The molecule has 0 fully saturated rings. The fourth-order valence-corrected chi connectivity index (χ4v) is 1.72. The molecule has 1 unspecified atom stereocenters. The van der Waals surface area contributed by atoms with E-state index in [2.05, 4.69) is 20.3 Å². The zero-order chi connectivity index (χ0) is 15.6. The predicted octanol–water partition coefficient (Wildman–Crippen LogP) is 2.95. The molecule has 0 radical (unpaired) electrons. The van der Waals surface area contributed by atoms with Crippen LogP contribution in [0.15, 0.2) is 24.3 Å². The SMILES string of the molecule is Cc1ccc(C(C)Nc2nc(N)nc(C(F)(F)F)n2)cc1. The first kappa shape index (κ1) is 15.0. The minimum absolute atomic E-state index is 0.206. The van der Waals surface area contributed by atoms with Crippen LogP contribution in [0.2, 0.25) is 0 Å². The van der Waals surface area contributed by atoms with Gasteiger partial charge in [0.1, 0.15) is 0 Å². The maximum atomic E-state index is 12.6. The van der Waals surface area contributed by atoms with Gasteiger partial charge in [0, 0.05) is 0 Å². The van der Waals surface area contributed by atoms with Crippen molar-refractivity contribution in [3.8, 4) is 0 Å². The van der Waals surface area contributed by atoms with Gasteiger partial charge in [-0.2, -0.15) is 28.1 Å². The number of rotatable bonds is 3. The fourth-order valence-electron chi connectivity index (χ4n) is 1.72. The van der Waals surface area contributed by atoms with E-state index in [1.807, 2.05) is 31.2 Å². The molecule has 1 heterocycles. The van der Waals surface area contributed by atoms with E-state index < -0.39 is 17.9 Å². The summed E-state index contributed by atoms with van der Waals surface area (Å²) in [6.45, 7) is 3.74. The number of nitrogen functional groups attached to an aromatic ring is 1. The topological polar surface area (TPSA) is 76.7 Å². The highest BCUT2D eigenvalue weighted by Crippen LogP contribution is 2.27. The first-order valence-corrected chi connectivity index (χ1v) is 6.17. The number of anilines is 2. The maximum Gasteiger partial charge on any atom is 0.451 e. The smallest absolute Gasteiger partial charge is 0.368 e. The quantitative estimate of drug-likeness (QED) is 0.911. The molecule has 2 rings (SSSR count). The lowest BCUT2D eigenvalue weighted by molar-refractivity contribution is -0.144. The molecule has 5 nitrogen and oxygen atoms in total. The molecule has 0 bridgehead atoms. The van der Waals surface area contributed by atoms with E-state index in [1.54, 1.807) is 6.92 Å². The van der Waals surface area contributed by atoms with Gasteiger partial charge in [-0.05, 0) is 19.4 Å². The molecule has 0 aliphatic heterocycles. The number of aryl methyl sites for hydroxylation is 1. The summed E-state index contributed by atoms with van der Waals surface area (Å²) in [4.78, 5) is 10.1. The Bertz CT molecular complexity index is 625. The Labute approximate surface area is 119 Å². The summed E-state index contributed by atoms with van der Waals surface area (Å²) in [5.74, 6) is -1.99. The van der Waals surface area contributed by atoms with Crippen molar-refractivity contribution >= 4 is 11.9 Å². The number of hydrogen-bond acceptors (Lipinski definition) is 5. The number of nitrogens with one attached hydrogen (secondary N) is 1. The van der Waals surface area contributed by atoms with Gasteiger partial charge in [0.25, 0.3) is 0 Å². The molecule has 0 aliphatic carbocycles. The number of benzene rings is 1. The second kappa shape index (κ2) is 5.55. The molecule has 0 saturated carbocycles. The first-order valence-electron chi connectivity index (χ1n) is 6.17. The summed E-state index contributed by atoms with van der Waals surface area (Å²) in [6, 6.07) is 7.31. The summed E-state index contributed by atoms with van der Waals surface area (Å²) >= 11 is 0. The van der Waals surface area contributed by atoms with Crippen molar-refractivity contribution < 1.29 is 13.2 Å². The minimum Gasteiger partial charge on any atom is -0.368 e. The lowest BCUT2D eigenvalue weighted by atomic mass is 10.1. The van der Waals surface area contributed by atoms with Crippen LogP contribution >= 0.6 is 0 Å². The Morgan fingerprint density at radius 1 is 1.10 bits per heavy atom. The Balaban J connectivity index is 2.23. The third-order valence-corrected chi connectivity index (χ3v) is 2.83. The third-order valence-electron chi connectivity index (χ3n) is 2.83. The summed E-state index contributed by atoms with van der Waals surface area (Å²) in [7, 11) is 0. The molecular weight excluding hydrogens is 283 g/mol. The van der Waals surface area contributed by atoms with E-state index >= 15 is 0 Å². The maximum absolute atomic E-state index is 12.6. The second-order valence-electron chi connectivity index (χ2n) is 4.62. The van der Waals surface area contributed by atoms with Crippen LogP contribution in [0.4, 0.5) is 25.1 Å². The Hall–Kier alpha value is -2.38. The number of nitrogens with zero attached hydrogens (tertiary/aromatic N) is 3. The fraction of sp³-hybridized carbons (Fsp3) is 0.308. The highest BCUT2D eigenvalue weighted by molar-refractivity contribution is 5.36. The lowest BCUT2D eigenvalue weighted by Crippen LogP contribution is -2.17. The van der Waals surface area contributed by atoms with E-state index in [0.29, 0.717) is 0 Å². The standard InChI is InChI=1S/C13H14F3N5/c1-7-3-5-9(6-4-7)8(2)18-12-20-10(13(14,15)16)19-11(17)21-12/h3-6,8H,1-2H3,(H3,17,18,19,20,21). The summed E-state index contributed by atoms with van der Waals surface area (Å²) in [6.07, 6.45) is -4.67. The molecule has 0 aliphatic rings. The number of hydrogen-bond donors (Lipinski definition) is 2. The third kappa shape index (κ3) is 3.80. The van der Waals surface area contributed by atoms with Gasteiger partial charge in [0.15, 0.2) is 0 Å². The molecule has 112 valence electrons. The average molecular weight is 297 g/mol. The van der Waals surface area contributed by atoms with Crippen molar-refractivity contribution in [3.05, 3.63) is 41.2 Å². The Morgan fingerprint density at radius 2 is 1.71 bits per heavy atom. The van der Waals surface area contributed by atoms with Crippen molar-refractivity contribution in [2.24, 2.45) is 0 Å². The van der Waals surface area contributed by atoms with Gasteiger partial charge in [-0.1, -0.05) is 29.8 Å². The van der Waals surface area contributed by atoms with Crippen LogP contribution in [0.5, 0.6) is 0 Å². The monoisotopic (exact) mass is 297 g/mol. The number of aromatic nitrogens is 3. The van der Waals surface area contributed by atoms with E-state index in [9.17, 15) is 13.2 Å². The van der Waals surface area contributed by atoms with E-state index in [-0.39, 0.29) is 12.0 Å². The predicted molar refractivity (Wildman–Crippen MR) is 72.5 cm³/mol. The molecule has 0 spiro atoms. The first-order chi connectivity index (χ1) is 9.75. The van der Waals surface area contributed by atoms with Gasteiger partial charge in [-0.25, -0.2) is 0 Å². The van der Waals surface area contributed by atoms with Crippen LogP contribution in [0.25, 0.3) is 0 Å². The van der Waals surface area contributed by atoms with E-state index in [1.165, 1.54) is 0 Å². The van der Waals surface area contributed by atoms with Crippen molar-refractivity contribution in [1.29, 1.82) is 0 Å². The van der Waals surface area contributed by atoms with Gasteiger partial charge in [-0.15, -0.1) is 0 Å². The van der Waals surface area contributed by atoms with Crippen LogP contribution < -0.4 is 11.1 Å². The second-order valence-corrected chi connectivity index (χ2v) is 4.62. The van der Waals surface area contributed by atoms with Crippen LogP contribution in [0, 0.1) is 6.92 Å². The average Bonchev–Trinajstić information content (AvgIpc) is 2.37. The summed E-state index contributed by atoms with van der Waals surface area (Å²) in [5.41, 5.74) is 7.28. The van der Waals surface area contributed by atoms with Gasteiger partial charge in [0.05, 0.1) is 6.04 Å². The Kier molecular flexibility index (Phi) is 3.97. The molecule has 1 atom stereocenters. The van der Waals surface area contributed by atoms with E-state index in [4.69, 9.17) is 5.73 Å². The normalized spacial score (nSPS) is 13.0. The van der Waals surface area contributed by atoms with Crippen LogP contribution in [0.1, 0.15) is 29.9 Å². The number of nitrogens with two attached hydrogens (primary N) is 1. The number of alkyl halides is 3. The molecule has 21 heavy (non-hydrogen) atoms. The molecular formula is C13H14F3N5. The molecule has 8 heteroatoms. The van der Waals surface area contributed by atoms with Gasteiger partial charge in [-0.3, -0.25) is 0 Å². The highest BCUT2D eigenvalue weighted by Gasteiger charge is 2.35. The largest absolute Gasteiger partial charge is 0.451 e. The van der Waals surface area contributed by atoms with Crippen molar-refractivity contribution in [1.82, 2.24) is 15.0 Å². The summed E-state index contributed by atoms with van der Waals surface area (Å²) in [5, 5.41) is 2.79. The van der Waals surface area contributed by atoms with Crippen molar-refractivity contribution in [2.45, 2.75) is 26.1 Å². The van der Waals surface area contributed by atoms with Gasteiger partial charge < -0.3 is 11.1 Å². The number of halogens is 3. The van der Waals surface area contributed by atoms with Crippen LogP contribution in [-0.2, 0) is 6.18 Å². The van der Waals surface area contributed by atoms with Crippen molar-refractivity contribution in [2.75, 3.05) is 11.1 Å². The summed E-state index contributed by atoms with van der Waals surface area (Å²) < 4.78 is 37.8. The molecule has 1 aromatic carbocycles. The molecule has 0 amide bonds. The molecule has 2 aromatic rings. The van der Waals surface area contributed by atoms with Crippen LogP contribution in [0.3, 0.4) is 0 Å². The Morgan fingerprint density at radius 3 is 2.29 bits per heavy atom. The van der Waals surface area contributed by atoms with Gasteiger partial charge >= 0.3 is 6.18 Å². The molecule has 1 aromatic heterocycles. The van der Waals surface area contributed by atoms with Gasteiger partial charge in [0.2, 0.25) is 17.7 Å². The lowest BCUT2D eigenvalue weighted by Gasteiger charge is -2.15. The zero-order valence-electron chi connectivity index (χ0n) is 11.4. The molecule has 0 saturated heterocycles. The zero-order valence-corrected chi connectivity index (χ0v) is 11.4. The minimum atomic E-state index is -4.67. The highest BCUT2D eigenvalue weighted by atomic mass is 19.4. The van der Waals surface area contributed by atoms with Crippen LogP contribution in [-0.4, -0.2) is 15.0 Å². The van der Waals surface area contributed by atoms with E-state index in [0.717, 1.165) is 11.1 Å². The molecule has 3 N–H and O–H groups in total.